The zero-order valence-corrected chi connectivity index (χ0v) is 15.9. The molecule has 3 rings (SSSR count). The number of benzene rings is 1. The standard InChI is InChI=1S/C21H26N4O2/c1-26-19-8-5-15(9-20(19)27-2)18-13-24-12-16(10-22)21(18)25-11-14-3-6-17(23)7-4-14/h5,8-9,12-14,17H,3-4,6-7,11,23H2,1-2H3,(H,24,25)/t14-,17-. The van der Waals surface area contributed by atoms with Crippen molar-refractivity contribution in [2.45, 2.75) is 31.7 Å². The molecule has 0 amide bonds. The first-order valence-electron chi connectivity index (χ1n) is 9.26. The van der Waals surface area contributed by atoms with Crippen molar-refractivity contribution < 1.29 is 9.47 Å². The van der Waals surface area contributed by atoms with Crippen molar-refractivity contribution in [1.29, 1.82) is 5.26 Å². The fraction of sp³-hybridized carbons (Fsp3) is 0.429. The molecule has 1 aliphatic carbocycles. The maximum absolute atomic E-state index is 9.55. The summed E-state index contributed by atoms with van der Waals surface area (Å²) >= 11 is 0. The molecule has 27 heavy (non-hydrogen) atoms. The van der Waals surface area contributed by atoms with Gasteiger partial charge in [-0.1, -0.05) is 6.07 Å². The number of nitrogens with two attached hydrogens (primary N) is 1. The van der Waals surface area contributed by atoms with E-state index in [1.807, 2.05) is 18.2 Å². The van der Waals surface area contributed by atoms with Crippen LogP contribution in [0.1, 0.15) is 31.2 Å². The molecule has 1 heterocycles. The fourth-order valence-corrected chi connectivity index (χ4v) is 3.60. The molecular formula is C21H26N4O2. The van der Waals surface area contributed by atoms with Gasteiger partial charge in [-0.2, -0.15) is 5.26 Å². The van der Waals surface area contributed by atoms with E-state index in [-0.39, 0.29) is 0 Å². The van der Waals surface area contributed by atoms with Gasteiger partial charge in [0.15, 0.2) is 11.5 Å². The molecule has 0 bridgehead atoms. The molecule has 2 aromatic rings. The van der Waals surface area contributed by atoms with Gasteiger partial charge in [0.05, 0.1) is 25.5 Å². The first-order valence-corrected chi connectivity index (χ1v) is 9.26. The Bertz CT molecular complexity index is 823. The van der Waals surface area contributed by atoms with Gasteiger partial charge < -0.3 is 20.5 Å². The molecule has 0 unspecified atom stereocenters. The Balaban J connectivity index is 1.89. The van der Waals surface area contributed by atoms with Gasteiger partial charge in [-0.3, -0.25) is 4.98 Å². The number of nitrogens with zero attached hydrogens (tertiary/aromatic N) is 2. The Morgan fingerprint density at radius 3 is 2.56 bits per heavy atom. The fourth-order valence-electron chi connectivity index (χ4n) is 3.60. The highest BCUT2D eigenvalue weighted by atomic mass is 16.5. The minimum atomic E-state index is 0.333. The summed E-state index contributed by atoms with van der Waals surface area (Å²) in [6.45, 7) is 0.825. The molecule has 6 nitrogen and oxygen atoms in total. The number of aromatic nitrogens is 1. The molecule has 0 saturated heterocycles. The predicted molar refractivity (Wildman–Crippen MR) is 106 cm³/mol. The second-order valence-corrected chi connectivity index (χ2v) is 6.95. The van der Waals surface area contributed by atoms with Crippen molar-refractivity contribution in [1.82, 2.24) is 4.98 Å². The first-order chi connectivity index (χ1) is 13.2. The number of hydrogen-bond acceptors (Lipinski definition) is 6. The number of methoxy groups -OCH3 is 2. The van der Waals surface area contributed by atoms with Gasteiger partial charge in [0.25, 0.3) is 0 Å². The summed E-state index contributed by atoms with van der Waals surface area (Å²) < 4.78 is 10.7. The van der Waals surface area contributed by atoms with Gasteiger partial charge in [0.1, 0.15) is 6.07 Å². The summed E-state index contributed by atoms with van der Waals surface area (Å²) in [6.07, 6.45) is 7.75. The van der Waals surface area contributed by atoms with E-state index in [2.05, 4.69) is 16.4 Å². The number of nitriles is 1. The Morgan fingerprint density at radius 2 is 1.89 bits per heavy atom. The minimum Gasteiger partial charge on any atom is -0.493 e. The van der Waals surface area contributed by atoms with Gasteiger partial charge in [0.2, 0.25) is 0 Å². The van der Waals surface area contributed by atoms with Crippen molar-refractivity contribution in [2.75, 3.05) is 26.1 Å². The van der Waals surface area contributed by atoms with Gasteiger partial charge in [-0.15, -0.1) is 0 Å². The van der Waals surface area contributed by atoms with E-state index in [1.54, 1.807) is 26.6 Å². The molecule has 1 fully saturated rings. The lowest BCUT2D eigenvalue weighted by Gasteiger charge is -2.27. The summed E-state index contributed by atoms with van der Waals surface area (Å²) in [7, 11) is 3.22. The van der Waals surface area contributed by atoms with E-state index in [0.29, 0.717) is 29.0 Å². The molecule has 0 spiro atoms. The van der Waals surface area contributed by atoms with Crippen LogP contribution in [0.4, 0.5) is 5.69 Å². The molecule has 1 aliphatic rings. The number of hydrogen-bond donors (Lipinski definition) is 2. The number of pyridine rings is 1. The molecule has 3 N–H and O–H groups in total. The number of anilines is 1. The van der Waals surface area contributed by atoms with Crippen LogP contribution in [0.2, 0.25) is 0 Å². The van der Waals surface area contributed by atoms with Crippen LogP contribution in [0.5, 0.6) is 11.5 Å². The maximum Gasteiger partial charge on any atom is 0.161 e. The third-order valence-electron chi connectivity index (χ3n) is 5.22. The second-order valence-electron chi connectivity index (χ2n) is 6.95. The average molecular weight is 366 g/mol. The Kier molecular flexibility index (Phi) is 6.15. The van der Waals surface area contributed by atoms with Crippen LogP contribution in [-0.4, -0.2) is 31.8 Å². The normalized spacial score (nSPS) is 19.2. The highest BCUT2D eigenvalue weighted by Crippen LogP contribution is 2.36. The van der Waals surface area contributed by atoms with Crippen molar-refractivity contribution in [3.05, 3.63) is 36.2 Å². The predicted octanol–water partition coefficient (Wildman–Crippen LogP) is 3.57. The highest BCUT2D eigenvalue weighted by molar-refractivity contribution is 5.82. The van der Waals surface area contributed by atoms with Gasteiger partial charge in [-0.25, -0.2) is 0 Å². The van der Waals surface area contributed by atoms with Crippen LogP contribution in [0.15, 0.2) is 30.6 Å². The van der Waals surface area contributed by atoms with Crippen molar-refractivity contribution >= 4 is 5.69 Å². The lowest BCUT2D eigenvalue weighted by Crippen LogP contribution is -2.29. The molecule has 0 radical (unpaired) electrons. The molecule has 1 saturated carbocycles. The highest BCUT2D eigenvalue weighted by Gasteiger charge is 2.20. The van der Waals surface area contributed by atoms with E-state index in [4.69, 9.17) is 15.2 Å². The topological polar surface area (TPSA) is 93.2 Å². The minimum absolute atomic E-state index is 0.333. The van der Waals surface area contributed by atoms with Crippen LogP contribution in [-0.2, 0) is 0 Å². The Morgan fingerprint density at radius 1 is 1.15 bits per heavy atom. The largest absolute Gasteiger partial charge is 0.493 e. The van der Waals surface area contributed by atoms with Crippen molar-refractivity contribution in [2.24, 2.45) is 11.7 Å². The average Bonchev–Trinajstić information content (AvgIpc) is 2.72. The van der Waals surface area contributed by atoms with Gasteiger partial charge in [-0.05, 0) is 49.3 Å². The first kappa shape index (κ1) is 19.0. The smallest absolute Gasteiger partial charge is 0.161 e. The number of ether oxygens (including phenoxy) is 2. The van der Waals surface area contributed by atoms with Crippen LogP contribution in [0.3, 0.4) is 0 Å². The van der Waals surface area contributed by atoms with E-state index in [1.165, 1.54) is 0 Å². The number of nitrogens with one attached hydrogen (secondary N) is 1. The number of rotatable bonds is 6. The zero-order chi connectivity index (χ0) is 19.2. The molecular weight excluding hydrogens is 340 g/mol. The molecule has 6 heteroatoms. The summed E-state index contributed by atoms with van der Waals surface area (Å²) in [5, 5.41) is 13.1. The molecule has 1 aromatic heterocycles. The van der Waals surface area contributed by atoms with Crippen molar-refractivity contribution in [3.8, 4) is 28.7 Å². The van der Waals surface area contributed by atoms with Gasteiger partial charge in [0, 0.05) is 30.5 Å². The third-order valence-corrected chi connectivity index (χ3v) is 5.22. The van der Waals surface area contributed by atoms with E-state index >= 15 is 0 Å². The van der Waals surface area contributed by atoms with E-state index in [9.17, 15) is 5.26 Å². The summed E-state index contributed by atoms with van der Waals surface area (Å²) in [5.74, 6) is 1.88. The van der Waals surface area contributed by atoms with Crippen LogP contribution >= 0.6 is 0 Å². The van der Waals surface area contributed by atoms with Crippen molar-refractivity contribution in [3.63, 3.8) is 0 Å². The summed E-state index contributed by atoms with van der Waals surface area (Å²) in [6, 6.07) is 8.30. The molecule has 142 valence electrons. The van der Waals surface area contributed by atoms with Crippen LogP contribution in [0.25, 0.3) is 11.1 Å². The van der Waals surface area contributed by atoms with Gasteiger partial charge >= 0.3 is 0 Å². The quantitative estimate of drug-likeness (QED) is 0.812. The Labute approximate surface area is 160 Å². The zero-order valence-electron chi connectivity index (χ0n) is 15.9. The van der Waals surface area contributed by atoms with E-state index in [0.717, 1.165) is 49.0 Å². The van der Waals surface area contributed by atoms with E-state index < -0.39 is 0 Å². The molecule has 0 aliphatic heterocycles. The second kappa shape index (κ2) is 8.74. The maximum atomic E-state index is 9.55. The Hall–Kier alpha value is -2.78. The van der Waals surface area contributed by atoms with Crippen LogP contribution in [0, 0.1) is 17.2 Å². The lowest BCUT2D eigenvalue weighted by molar-refractivity contribution is 0.339. The monoisotopic (exact) mass is 366 g/mol. The SMILES string of the molecule is COc1ccc(-c2cncc(C#N)c2NC[C@H]2CC[C@H](N)CC2)cc1OC. The third kappa shape index (κ3) is 4.32. The summed E-state index contributed by atoms with van der Waals surface area (Å²) in [4.78, 5) is 4.24. The molecule has 0 atom stereocenters. The summed E-state index contributed by atoms with van der Waals surface area (Å²) in [5.41, 5.74) is 9.16. The molecule has 1 aromatic carbocycles. The lowest BCUT2D eigenvalue weighted by atomic mass is 9.86. The van der Waals surface area contributed by atoms with Crippen LogP contribution < -0.4 is 20.5 Å².